The Kier molecular flexibility index (Phi) is 10.9. The van der Waals surface area contributed by atoms with Crippen LogP contribution < -0.4 is 15.4 Å². The number of aliphatic imine (C=N–C) groups is 1. The summed E-state index contributed by atoms with van der Waals surface area (Å²) < 4.78 is 5.55. The van der Waals surface area contributed by atoms with Crippen molar-refractivity contribution >= 4 is 29.9 Å². The van der Waals surface area contributed by atoms with Crippen LogP contribution in [0.3, 0.4) is 0 Å². The van der Waals surface area contributed by atoms with E-state index in [4.69, 9.17) is 9.73 Å². The lowest BCUT2D eigenvalue weighted by molar-refractivity contribution is 0.267. The fourth-order valence-corrected chi connectivity index (χ4v) is 3.17. The molecule has 5 nitrogen and oxygen atoms in total. The lowest BCUT2D eigenvalue weighted by Crippen LogP contribution is -2.44. The molecular formula is C19H33IN4O. The summed E-state index contributed by atoms with van der Waals surface area (Å²) in [6.07, 6.45) is 2.58. The van der Waals surface area contributed by atoms with Gasteiger partial charge in [0, 0.05) is 19.1 Å². The van der Waals surface area contributed by atoms with Gasteiger partial charge in [-0.15, -0.1) is 24.0 Å². The summed E-state index contributed by atoms with van der Waals surface area (Å²) >= 11 is 0. The first-order valence-corrected chi connectivity index (χ1v) is 9.24. The van der Waals surface area contributed by atoms with Gasteiger partial charge in [-0.2, -0.15) is 0 Å². The second-order valence-electron chi connectivity index (χ2n) is 6.08. The molecule has 0 spiro atoms. The second-order valence-corrected chi connectivity index (χ2v) is 6.08. The van der Waals surface area contributed by atoms with E-state index < -0.39 is 0 Å². The van der Waals surface area contributed by atoms with E-state index in [-0.39, 0.29) is 24.0 Å². The Morgan fingerprint density at radius 3 is 2.84 bits per heavy atom. The van der Waals surface area contributed by atoms with Gasteiger partial charge in [0.05, 0.1) is 13.2 Å². The molecule has 1 aliphatic heterocycles. The van der Waals surface area contributed by atoms with Gasteiger partial charge in [0.25, 0.3) is 0 Å². The van der Waals surface area contributed by atoms with Crippen LogP contribution in [0.2, 0.25) is 0 Å². The highest BCUT2D eigenvalue weighted by atomic mass is 127. The summed E-state index contributed by atoms with van der Waals surface area (Å²) in [5.41, 5.74) is 1.16. The number of nitrogens with one attached hydrogen (secondary N) is 2. The van der Waals surface area contributed by atoms with E-state index in [1.165, 1.54) is 19.4 Å². The molecule has 1 unspecified atom stereocenters. The Morgan fingerprint density at radius 1 is 1.28 bits per heavy atom. The van der Waals surface area contributed by atoms with E-state index in [1.807, 2.05) is 19.1 Å². The number of halogens is 1. The molecule has 1 atom stereocenters. The van der Waals surface area contributed by atoms with E-state index in [1.54, 1.807) is 0 Å². The van der Waals surface area contributed by atoms with E-state index in [0.717, 1.165) is 36.9 Å². The Morgan fingerprint density at radius 2 is 2.12 bits per heavy atom. The van der Waals surface area contributed by atoms with Crippen molar-refractivity contribution in [2.45, 2.75) is 46.2 Å². The van der Waals surface area contributed by atoms with Crippen LogP contribution in [-0.2, 0) is 6.54 Å². The highest BCUT2D eigenvalue weighted by Gasteiger charge is 2.22. The van der Waals surface area contributed by atoms with Gasteiger partial charge in [-0.25, -0.2) is 4.99 Å². The molecular weight excluding hydrogens is 427 g/mol. The molecule has 0 amide bonds. The molecule has 1 heterocycles. The molecule has 142 valence electrons. The molecule has 0 radical (unpaired) electrons. The molecule has 1 aliphatic rings. The van der Waals surface area contributed by atoms with E-state index >= 15 is 0 Å². The number of hydrogen-bond acceptors (Lipinski definition) is 3. The van der Waals surface area contributed by atoms with Crippen LogP contribution in [0.1, 0.15) is 39.2 Å². The highest BCUT2D eigenvalue weighted by Crippen LogP contribution is 2.16. The first-order chi connectivity index (χ1) is 11.8. The van der Waals surface area contributed by atoms with Crippen molar-refractivity contribution in [3.8, 4) is 5.75 Å². The molecule has 0 aliphatic carbocycles. The van der Waals surface area contributed by atoms with E-state index in [9.17, 15) is 0 Å². The third kappa shape index (κ3) is 7.40. The molecule has 0 saturated carbocycles. The SMILES string of the molecule is CCNC(=NCc1cccc(OCC)c1)NCC1CCCN1CC.I. The topological polar surface area (TPSA) is 48.9 Å². The number of likely N-dealkylation sites (N-methyl/N-ethyl adjacent to an activating group) is 1. The highest BCUT2D eigenvalue weighted by molar-refractivity contribution is 14.0. The number of likely N-dealkylation sites (tertiary alicyclic amines) is 1. The van der Waals surface area contributed by atoms with Crippen LogP contribution in [0.25, 0.3) is 0 Å². The summed E-state index contributed by atoms with van der Waals surface area (Å²) in [5.74, 6) is 1.80. The largest absolute Gasteiger partial charge is 0.494 e. The van der Waals surface area contributed by atoms with Crippen LogP contribution in [-0.4, -0.2) is 49.7 Å². The summed E-state index contributed by atoms with van der Waals surface area (Å²) in [6, 6.07) is 8.78. The van der Waals surface area contributed by atoms with Gasteiger partial charge in [-0.1, -0.05) is 19.1 Å². The average Bonchev–Trinajstić information content (AvgIpc) is 3.05. The zero-order valence-electron chi connectivity index (χ0n) is 15.8. The summed E-state index contributed by atoms with van der Waals surface area (Å²) in [7, 11) is 0. The zero-order chi connectivity index (χ0) is 17.2. The number of nitrogens with zero attached hydrogens (tertiary/aromatic N) is 2. The Bertz CT molecular complexity index is 524. The second kappa shape index (κ2) is 12.4. The van der Waals surface area contributed by atoms with Crippen LogP contribution in [0.4, 0.5) is 0 Å². The quantitative estimate of drug-likeness (QED) is 0.355. The van der Waals surface area contributed by atoms with Crippen molar-refractivity contribution < 1.29 is 4.74 Å². The van der Waals surface area contributed by atoms with Gasteiger partial charge < -0.3 is 15.4 Å². The molecule has 6 heteroatoms. The predicted octanol–water partition coefficient (Wildman–Crippen LogP) is 3.24. The molecule has 25 heavy (non-hydrogen) atoms. The third-order valence-corrected chi connectivity index (χ3v) is 4.38. The Labute approximate surface area is 169 Å². The summed E-state index contributed by atoms with van der Waals surface area (Å²) in [6.45, 7) is 11.9. The summed E-state index contributed by atoms with van der Waals surface area (Å²) in [5, 5.41) is 6.84. The van der Waals surface area contributed by atoms with Crippen LogP contribution in [0.15, 0.2) is 29.3 Å². The van der Waals surface area contributed by atoms with Crippen molar-refractivity contribution in [2.75, 3.05) is 32.8 Å². The first kappa shape index (κ1) is 22.0. The number of hydrogen-bond donors (Lipinski definition) is 2. The van der Waals surface area contributed by atoms with Gasteiger partial charge in [0.2, 0.25) is 0 Å². The minimum atomic E-state index is 0. The maximum atomic E-state index is 5.55. The summed E-state index contributed by atoms with van der Waals surface area (Å²) in [4.78, 5) is 7.26. The molecule has 0 aromatic heterocycles. The number of guanidine groups is 1. The van der Waals surface area contributed by atoms with Gasteiger partial charge in [-0.3, -0.25) is 4.90 Å². The maximum Gasteiger partial charge on any atom is 0.191 e. The van der Waals surface area contributed by atoms with Crippen molar-refractivity contribution in [2.24, 2.45) is 4.99 Å². The van der Waals surface area contributed by atoms with Crippen LogP contribution in [0, 0.1) is 0 Å². The van der Waals surface area contributed by atoms with Crippen LogP contribution >= 0.6 is 24.0 Å². The van der Waals surface area contributed by atoms with E-state index in [0.29, 0.717) is 19.2 Å². The molecule has 1 fully saturated rings. The standard InChI is InChI=1S/C19H32N4O.HI/c1-4-20-19(22-15-17-10-8-12-23(17)5-2)21-14-16-9-7-11-18(13-16)24-6-3;/h7,9,11,13,17H,4-6,8,10,12,14-15H2,1-3H3,(H2,20,21,22);1H. The smallest absolute Gasteiger partial charge is 0.191 e. The van der Waals surface area contributed by atoms with Crippen molar-refractivity contribution in [1.29, 1.82) is 0 Å². The predicted molar refractivity (Wildman–Crippen MR) is 116 cm³/mol. The maximum absolute atomic E-state index is 5.55. The Hall–Kier alpha value is -1.02. The molecule has 1 saturated heterocycles. The van der Waals surface area contributed by atoms with Gasteiger partial charge in [-0.05, 0) is 57.5 Å². The van der Waals surface area contributed by atoms with E-state index in [2.05, 4.69) is 41.5 Å². The fraction of sp³-hybridized carbons (Fsp3) is 0.632. The number of rotatable bonds is 8. The first-order valence-electron chi connectivity index (χ1n) is 9.24. The third-order valence-electron chi connectivity index (χ3n) is 4.38. The van der Waals surface area contributed by atoms with Crippen molar-refractivity contribution in [1.82, 2.24) is 15.5 Å². The molecule has 2 N–H and O–H groups in total. The number of ether oxygens (including phenoxy) is 1. The van der Waals surface area contributed by atoms with Crippen molar-refractivity contribution in [3.63, 3.8) is 0 Å². The molecule has 0 bridgehead atoms. The lowest BCUT2D eigenvalue weighted by Gasteiger charge is -2.24. The normalized spacial score (nSPS) is 17.9. The molecule has 2 rings (SSSR count). The van der Waals surface area contributed by atoms with Gasteiger partial charge in [0.1, 0.15) is 5.75 Å². The minimum absolute atomic E-state index is 0. The average molecular weight is 460 g/mol. The minimum Gasteiger partial charge on any atom is -0.494 e. The fourth-order valence-electron chi connectivity index (χ4n) is 3.17. The zero-order valence-corrected chi connectivity index (χ0v) is 18.1. The van der Waals surface area contributed by atoms with Gasteiger partial charge in [0.15, 0.2) is 5.96 Å². The Balaban J connectivity index is 0.00000312. The van der Waals surface area contributed by atoms with Crippen LogP contribution in [0.5, 0.6) is 5.75 Å². The number of benzene rings is 1. The van der Waals surface area contributed by atoms with Crippen molar-refractivity contribution in [3.05, 3.63) is 29.8 Å². The molecule has 1 aromatic rings. The molecule has 1 aromatic carbocycles. The monoisotopic (exact) mass is 460 g/mol. The van der Waals surface area contributed by atoms with Gasteiger partial charge >= 0.3 is 0 Å². The lowest BCUT2D eigenvalue weighted by atomic mass is 10.2.